The van der Waals surface area contributed by atoms with Crippen molar-refractivity contribution in [1.82, 2.24) is 4.98 Å². The Balaban J connectivity index is 1.79. The lowest BCUT2D eigenvalue weighted by molar-refractivity contribution is -0.384. The summed E-state index contributed by atoms with van der Waals surface area (Å²) in [5, 5.41) is 15.7. The molecule has 0 fully saturated rings. The Hall–Kier alpha value is -4.06. The first kappa shape index (κ1) is 24.6. The van der Waals surface area contributed by atoms with Gasteiger partial charge in [-0.2, -0.15) is 13.2 Å². The zero-order valence-electron chi connectivity index (χ0n) is 17.7. The number of nitrogen functional groups attached to an aromatic ring is 1. The molecule has 0 bridgehead atoms. The molecular weight excluding hydrogens is 479 g/mol. The number of nitrogens with one attached hydrogen (secondary N) is 2. The van der Waals surface area contributed by atoms with Crippen LogP contribution < -0.4 is 21.1 Å². The van der Waals surface area contributed by atoms with Crippen LogP contribution in [0.25, 0.3) is 0 Å². The molecule has 2 aromatic carbocycles. The lowest BCUT2D eigenvalue weighted by Gasteiger charge is -2.16. The summed E-state index contributed by atoms with van der Waals surface area (Å²) in [6, 6.07) is 6.46. The molecule has 3 aromatic rings. The van der Waals surface area contributed by atoms with Crippen LogP contribution in [0.15, 0.2) is 42.6 Å². The number of nitro groups is 1. The molecule has 13 heteroatoms. The van der Waals surface area contributed by atoms with E-state index >= 15 is 0 Å². The first-order chi connectivity index (χ1) is 15.9. The molecule has 0 unspecified atom stereocenters. The lowest BCUT2D eigenvalue weighted by Crippen LogP contribution is -2.20. The Kier molecular flexibility index (Phi) is 6.82. The highest BCUT2D eigenvalue weighted by Crippen LogP contribution is 2.38. The molecule has 0 saturated carbocycles. The molecule has 178 valence electrons. The Morgan fingerprint density at radius 3 is 2.47 bits per heavy atom. The van der Waals surface area contributed by atoms with Crippen molar-refractivity contribution < 1.29 is 27.6 Å². The number of amides is 2. The number of nitrogens with zero attached hydrogens (tertiary/aromatic N) is 2. The summed E-state index contributed by atoms with van der Waals surface area (Å²) < 4.78 is 44.7. The highest BCUT2D eigenvalue weighted by Gasteiger charge is 2.33. The third-order valence-electron chi connectivity index (χ3n) is 4.83. The van der Waals surface area contributed by atoms with Gasteiger partial charge in [0.15, 0.2) is 0 Å². The molecule has 0 radical (unpaired) electrons. The number of carbonyl (C=O) groups is 1. The van der Waals surface area contributed by atoms with E-state index in [0.717, 1.165) is 12.1 Å². The Morgan fingerprint density at radius 1 is 1.12 bits per heavy atom. The smallest absolute Gasteiger partial charge is 0.417 e. The predicted molar refractivity (Wildman–Crippen MR) is 120 cm³/mol. The third kappa shape index (κ3) is 5.29. The maximum atomic E-state index is 13.0. The zero-order chi connectivity index (χ0) is 25.2. The van der Waals surface area contributed by atoms with Crippen LogP contribution in [0.2, 0.25) is 5.02 Å². The number of anilines is 3. The lowest BCUT2D eigenvalue weighted by atomic mass is 10.1. The summed E-state index contributed by atoms with van der Waals surface area (Å²) in [5.41, 5.74) is 5.36. The second-order valence-corrected chi connectivity index (χ2v) is 7.44. The summed E-state index contributed by atoms with van der Waals surface area (Å²) in [4.78, 5) is 26.6. The molecule has 4 N–H and O–H groups in total. The highest BCUT2D eigenvalue weighted by atomic mass is 35.5. The molecule has 0 saturated heterocycles. The van der Waals surface area contributed by atoms with E-state index in [1.54, 1.807) is 13.8 Å². The molecular formula is C21H17ClF3N5O4. The maximum absolute atomic E-state index is 13.0. The van der Waals surface area contributed by atoms with E-state index in [1.807, 2.05) is 0 Å². The minimum absolute atomic E-state index is 0.105. The van der Waals surface area contributed by atoms with Crippen molar-refractivity contribution in [2.24, 2.45) is 0 Å². The second-order valence-electron chi connectivity index (χ2n) is 7.03. The number of carbonyl (C=O) groups excluding carboxylic acids is 1. The number of nitrogens with two attached hydrogens (primary N) is 1. The fourth-order valence-corrected chi connectivity index (χ4v) is 3.21. The van der Waals surface area contributed by atoms with Crippen LogP contribution >= 0.6 is 11.6 Å². The maximum Gasteiger partial charge on any atom is 0.417 e. The van der Waals surface area contributed by atoms with Gasteiger partial charge in [-0.15, -0.1) is 0 Å². The Labute approximate surface area is 195 Å². The molecule has 0 aliphatic heterocycles. The quantitative estimate of drug-likeness (QED) is 0.281. The Bertz CT molecular complexity index is 1280. The van der Waals surface area contributed by atoms with Crippen LogP contribution in [-0.2, 0) is 6.18 Å². The van der Waals surface area contributed by atoms with Gasteiger partial charge in [-0.1, -0.05) is 11.6 Å². The highest BCUT2D eigenvalue weighted by molar-refractivity contribution is 6.31. The van der Waals surface area contributed by atoms with Crippen molar-refractivity contribution in [2.45, 2.75) is 20.0 Å². The van der Waals surface area contributed by atoms with Crippen molar-refractivity contribution in [1.29, 1.82) is 0 Å². The summed E-state index contributed by atoms with van der Waals surface area (Å²) in [5.74, 6) is -0.144. The number of benzene rings is 2. The van der Waals surface area contributed by atoms with Crippen molar-refractivity contribution in [3.05, 3.63) is 74.4 Å². The van der Waals surface area contributed by atoms with E-state index in [9.17, 15) is 28.1 Å². The monoisotopic (exact) mass is 495 g/mol. The van der Waals surface area contributed by atoms with Crippen LogP contribution in [0.1, 0.15) is 16.7 Å². The van der Waals surface area contributed by atoms with Gasteiger partial charge < -0.3 is 21.1 Å². The fourth-order valence-electron chi connectivity index (χ4n) is 2.98. The summed E-state index contributed by atoms with van der Waals surface area (Å²) in [7, 11) is 0. The number of urea groups is 1. The number of halogens is 4. The molecule has 34 heavy (non-hydrogen) atoms. The van der Waals surface area contributed by atoms with E-state index in [2.05, 4.69) is 15.6 Å². The van der Waals surface area contributed by atoms with E-state index < -0.39 is 33.4 Å². The average Bonchev–Trinajstić information content (AvgIpc) is 2.74. The minimum Gasteiger partial charge on any atom is -0.450 e. The molecule has 0 aliphatic rings. The normalized spacial score (nSPS) is 11.1. The fraction of sp³-hybridized carbons (Fsp3) is 0.143. The van der Waals surface area contributed by atoms with Crippen LogP contribution in [0.3, 0.4) is 0 Å². The summed E-state index contributed by atoms with van der Waals surface area (Å²) in [6.45, 7) is 3.33. The van der Waals surface area contributed by atoms with Crippen molar-refractivity contribution in [3.8, 4) is 11.5 Å². The predicted octanol–water partition coefficient (Wildman–Crippen LogP) is 6.30. The molecule has 1 aromatic heterocycles. The summed E-state index contributed by atoms with van der Waals surface area (Å²) >= 11 is 5.59. The van der Waals surface area contributed by atoms with Crippen molar-refractivity contribution in [3.63, 3.8) is 0 Å². The molecule has 0 aliphatic carbocycles. The van der Waals surface area contributed by atoms with Gasteiger partial charge in [0, 0.05) is 23.6 Å². The zero-order valence-corrected chi connectivity index (χ0v) is 18.4. The Morgan fingerprint density at radius 2 is 1.82 bits per heavy atom. The number of hydrogen-bond acceptors (Lipinski definition) is 6. The number of hydrogen-bond donors (Lipinski definition) is 3. The third-order valence-corrected chi connectivity index (χ3v) is 5.16. The van der Waals surface area contributed by atoms with E-state index in [-0.39, 0.29) is 23.0 Å². The molecule has 9 nitrogen and oxygen atoms in total. The standard InChI is InChI=1S/C21H17ClF3N5O4/c1-10-11(2)16(34-17-7-8-27-19(26)18(17)30(32)33)6-5-15(10)29-20(31)28-12-3-4-14(22)13(9-12)21(23,24)25/h3-9H,1-2H3,(H2,26,27)(H2,28,29,31). The van der Waals surface area contributed by atoms with Gasteiger partial charge in [0.25, 0.3) is 0 Å². The van der Waals surface area contributed by atoms with Crippen molar-refractivity contribution >= 4 is 40.5 Å². The number of aromatic nitrogens is 1. The van der Waals surface area contributed by atoms with Gasteiger partial charge in [0.2, 0.25) is 11.6 Å². The first-order valence-electron chi connectivity index (χ1n) is 9.50. The summed E-state index contributed by atoms with van der Waals surface area (Å²) in [6.07, 6.45) is -3.41. The minimum atomic E-state index is -4.68. The van der Waals surface area contributed by atoms with Gasteiger partial charge in [0.1, 0.15) is 5.75 Å². The molecule has 2 amide bonds. The molecule has 1 heterocycles. The van der Waals surface area contributed by atoms with Crippen molar-refractivity contribution in [2.75, 3.05) is 16.4 Å². The number of alkyl halides is 3. The van der Waals surface area contributed by atoms with Gasteiger partial charge >= 0.3 is 17.9 Å². The molecule has 3 rings (SSSR count). The van der Waals surface area contributed by atoms with Gasteiger partial charge in [-0.25, -0.2) is 9.78 Å². The average molecular weight is 496 g/mol. The van der Waals surface area contributed by atoms with E-state index in [1.165, 1.54) is 30.5 Å². The van der Waals surface area contributed by atoms with Gasteiger partial charge in [-0.3, -0.25) is 10.1 Å². The van der Waals surface area contributed by atoms with Crippen LogP contribution in [-0.4, -0.2) is 15.9 Å². The molecule has 0 atom stereocenters. The van der Waals surface area contributed by atoms with Gasteiger partial charge in [-0.05, 0) is 55.3 Å². The number of ether oxygens (including phenoxy) is 1. The van der Waals surface area contributed by atoms with Gasteiger partial charge in [0.05, 0.1) is 15.5 Å². The van der Waals surface area contributed by atoms with Crippen LogP contribution in [0, 0.1) is 24.0 Å². The van der Waals surface area contributed by atoms with Crippen LogP contribution in [0.5, 0.6) is 11.5 Å². The SMILES string of the molecule is Cc1c(NC(=O)Nc2ccc(Cl)c(C(F)(F)F)c2)ccc(Oc2ccnc(N)c2[N+](=O)[O-])c1C. The van der Waals surface area contributed by atoms with Crippen LogP contribution in [0.4, 0.5) is 40.8 Å². The number of pyridine rings is 1. The number of rotatable bonds is 5. The second kappa shape index (κ2) is 9.43. The largest absolute Gasteiger partial charge is 0.450 e. The van der Waals surface area contributed by atoms with E-state index in [4.69, 9.17) is 22.1 Å². The van der Waals surface area contributed by atoms with E-state index in [0.29, 0.717) is 16.8 Å². The topological polar surface area (TPSA) is 132 Å². The first-order valence-corrected chi connectivity index (χ1v) is 9.88. The molecule has 0 spiro atoms.